The van der Waals surface area contributed by atoms with Gasteiger partial charge < -0.3 is 10.0 Å². The number of sulfonamides is 1. The first kappa shape index (κ1) is 13.6. The third kappa shape index (κ3) is 3.35. The van der Waals surface area contributed by atoms with E-state index in [4.69, 9.17) is 10.0 Å². The minimum absolute atomic E-state index is 0.000366. The minimum atomic E-state index is -3.78. The van der Waals surface area contributed by atoms with Crippen LogP contribution in [0.25, 0.3) is 11.4 Å². The van der Waals surface area contributed by atoms with E-state index in [1.165, 1.54) is 24.3 Å². The number of hydrogen-bond acceptors (Lipinski definition) is 7. The molecule has 1 aromatic heterocycles. The lowest BCUT2D eigenvalue weighted by atomic mass is 9.94. The molecule has 0 aliphatic rings. The molecule has 0 aliphatic carbocycles. The van der Waals surface area contributed by atoms with Gasteiger partial charge in [-0.3, -0.25) is 0 Å². The Kier molecular flexibility index (Phi) is 3.90. The average molecular weight is 283 g/mol. The van der Waals surface area contributed by atoms with Crippen LogP contribution in [0.4, 0.5) is 0 Å². The molecular weight excluding hydrogens is 273 g/mol. The van der Waals surface area contributed by atoms with Gasteiger partial charge in [0.25, 0.3) is 0 Å². The lowest BCUT2D eigenvalue weighted by Gasteiger charge is -2.06. The predicted molar refractivity (Wildman–Crippen MR) is 65.0 cm³/mol. The second-order valence-corrected chi connectivity index (χ2v) is 5.36. The van der Waals surface area contributed by atoms with E-state index >= 15 is 0 Å². The van der Waals surface area contributed by atoms with Gasteiger partial charge >= 0.3 is 7.12 Å². The normalized spacial score (nSPS) is 11.5. The van der Waals surface area contributed by atoms with E-state index in [0.717, 1.165) is 0 Å². The molecule has 9 nitrogen and oxygen atoms in total. The van der Waals surface area contributed by atoms with Crippen molar-refractivity contribution in [3.63, 3.8) is 0 Å². The van der Waals surface area contributed by atoms with Crippen molar-refractivity contribution in [1.82, 2.24) is 25.3 Å². The van der Waals surface area contributed by atoms with Crippen molar-refractivity contribution in [3.05, 3.63) is 24.3 Å². The molecule has 0 aliphatic heterocycles. The summed E-state index contributed by atoms with van der Waals surface area (Å²) in [5.74, 6) is 0.350. The third-order valence-corrected chi connectivity index (χ3v) is 3.66. The quantitative estimate of drug-likeness (QED) is 0.472. The number of hydrogen-bond donors (Lipinski definition) is 4. The third-order valence-electron chi connectivity index (χ3n) is 2.22. The number of tetrazole rings is 1. The van der Waals surface area contributed by atoms with E-state index in [9.17, 15) is 8.42 Å². The molecule has 0 spiro atoms. The van der Waals surface area contributed by atoms with Crippen molar-refractivity contribution in [1.29, 1.82) is 0 Å². The molecule has 11 heteroatoms. The molecule has 19 heavy (non-hydrogen) atoms. The number of nitrogens with zero attached hydrogens (tertiary/aromatic N) is 3. The summed E-state index contributed by atoms with van der Waals surface area (Å²) < 4.78 is 25.6. The zero-order chi connectivity index (χ0) is 13.9. The molecule has 100 valence electrons. The van der Waals surface area contributed by atoms with Crippen LogP contribution >= 0.6 is 0 Å². The largest absolute Gasteiger partial charge is 0.467 e. The van der Waals surface area contributed by atoms with Crippen LogP contribution in [0.3, 0.4) is 0 Å². The molecule has 0 unspecified atom stereocenters. The highest BCUT2D eigenvalue weighted by Gasteiger charge is 2.17. The lowest BCUT2D eigenvalue weighted by molar-refractivity contribution is 0.404. The number of nitrogens with one attached hydrogen (secondary N) is 2. The highest BCUT2D eigenvalue weighted by molar-refractivity contribution is 7.89. The van der Waals surface area contributed by atoms with Gasteiger partial charge in [0.1, 0.15) is 0 Å². The number of H-pyrrole nitrogens is 1. The van der Waals surface area contributed by atoms with Crippen LogP contribution in [0, 0.1) is 0 Å². The number of benzene rings is 1. The molecule has 0 amide bonds. The number of aromatic amines is 1. The van der Waals surface area contributed by atoms with E-state index in [1.54, 1.807) is 0 Å². The SMILES string of the molecule is O=S(=O)(NCB(O)O)c1ccc(-c2nn[nH]n2)cc1. The van der Waals surface area contributed by atoms with Crippen LogP contribution in [0.15, 0.2) is 29.2 Å². The van der Waals surface area contributed by atoms with E-state index in [2.05, 4.69) is 25.3 Å². The molecule has 1 aromatic carbocycles. The molecule has 2 aromatic rings. The predicted octanol–water partition coefficient (Wildman–Crippen LogP) is -1.84. The van der Waals surface area contributed by atoms with Gasteiger partial charge in [0.2, 0.25) is 15.8 Å². The molecular formula is C8H10BN5O4S. The summed E-state index contributed by atoms with van der Waals surface area (Å²) in [6.45, 7) is 0. The molecule has 1 heterocycles. The van der Waals surface area contributed by atoms with E-state index < -0.39 is 23.6 Å². The van der Waals surface area contributed by atoms with Crippen LogP contribution < -0.4 is 4.72 Å². The molecule has 4 N–H and O–H groups in total. The Morgan fingerprint density at radius 1 is 1.26 bits per heavy atom. The Morgan fingerprint density at radius 2 is 1.95 bits per heavy atom. The Morgan fingerprint density at radius 3 is 2.47 bits per heavy atom. The fraction of sp³-hybridized carbons (Fsp3) is 0.125. The van der Waals surface area contributed by atoms with Gasteiger partial charge in [-0.15, -0.1) is 10.2 Å². The maximum absolute atomic E-state index is 11.8. The highest BCUT2D eigenvalue weighted by atomic mass is 32.2. The topological polar surface area (TPSA) is 141 Å². The molecule has 0 bridgehead atoms. The second kappa shape index (κ2) is 5.44. The Hall–Kier alpha value is -1.82. The zero-order valence-corrected chi connectivity index (χ0v) is 10.4. The minimum Gasteiger partial charge on any atom is -0.426 e. The summed E-state index contributed by atoms with van der Waals surface area (Å²) in [4.78, 5) is 0.000366. The standard InChI is InChI=1S/C8H10BN5O4S/c15-9(16)5-10-19(17,18)7-3-1-6(2-4-7)8-11-13-14-12-8/h1-4,10,15-16H,5H2,(H,11,12,13,14). The van der Waals surface area contributed by atoms with Gasteiger partial charge in [-0.2, -0.15) is 5.21 Å². The van der Waals surface area contributed by atoms with Gasteiger partial charge in [0.15, 0.2) is 0 Å². The zero-order valence-electron chi connectivity index (χ0n) is 9.55. The summed E-state index contributed by atoms with van der Waals surface area (Å²) in [7, 11) is -5.52. The highest BCUT2D eigenvalue weighted by Crippen LogP contribution is 2.16. The van der Waals surface area contributed by atoms with Crippen molar-refractivity contribution >= 4 is 17.1 Å². The molecule has 0 fully saturated rings. The summed E-state index contributed by atoms with van der Waals surface area (Å²) in [5.41, 5.74) is 0.606. The summed E-state index contributed by atoms with van der Waals surface area (Å²) in [6, 6.07) is 5.76. The monoisotopic (exact) mass is 283 g/mol. The maximum Gasteiger partial charge on any atom is 0.467 e. The molecule has 0 atom stereocenters. The fourth-order valence-electron chi connectivity index (χ4n) is 1.33. The van der Waals surface area contributed by atoms with E-state index in [-0.39, 0.29) is 4.90 Å². The Balaban J connectivity index is 2.18. The summed E-state index contributed by atoms with van der Waals surface area (Å²) >= 11 is 0. The Bertz CT molecular complexity index is 628. The smallest absolute Gasteiger partial charge is 0.426 e. The van der Waals surface area contributed by atoms with Crippen LogP contribution in [-0.4, -0.2) is 52.7 Å². The van der Waals surface area contributed by atoms with Crippen molar-refractivity contribution in [2.75, 3.05) is 6.44 Å². The van der Waals surface area contributed by atoms with Crippen LogP contribution in [0.2, 0.25) is 0 Å². The van der Waals surface area contributed by atoms with Gasteiger partial charge in [0.05, 0.1) is 4.90 Å². The first-order chi connectivity index (χ1) is 8.99. The number of aromatic nitrogens is 4. The Labute approximate surface area is 108 Å². The van der Waals surface area contributed by atoms with E-state index in [1.807, 2.05) is 0 Å². The lowest BCUT2D eigenvalue weighted by Crippen LogP contribution is -2.34. The molecule has 0 saturated heterocycles. The van der Waals surface area contributed by atoms with Crippen LogP contribution in [0.5, 0.6) is 0 Å². The van der Waals surface area contributed by atoms with Crippen LogP contribution in [-0.2, 0) is 10.0 Å². The fourth-order valence-corrected chi connectivity index (χ4v) is 2.36. The van der Waals surface area contributed by atoms with Crippen molar-refractivity contribution < 1.29 is 18.5 Å². The van der Waals surface area contributed by atoms with Gasteiger partial charge in [-0.1, -0.05) is 0 Å². The molecule has 2 rings (SSSR count). The number of rotatable bonds is 5. The summed E-state index contributed by atoms with van der Waals surface area (Å²) in [5, 5.41) is 30.5. The first-order valence-electron chi connectivity index (χ1n) is 5.19. The van der Waals surface area contributed by atoms with Crippen molar-refractivity contribution in [3.8, 4) is 11.4 Å². The summed E-state index contributed by atoms with van der Waals surface area (Å²) in [6.07, 6.45) is -0.477. The second-order valence-electron chi connectivity index (χ2n) is 3.59. The van der Waals surface area contributed by atoms with Crippen molar-refractivity contribution in [2.45, 2.75) is 4.90 Å². The van der Waals surface area contributed by atoms with Gasteiger partial charge in [-0.25, -0.2) is 13.1 Å². The average Bonchev–Trinajstić information content (AvgIpc) is 2.91. The maximum atomic E-state index is 11.8. The van der Waals surface area contributed by atoms with Crippen LogP contribution in [0.1, 0.15) is 0 Å². The molecule has 0 radical (unpaired) electrons. The van der Waals surface area contributed by atoms with Gasteiger partial charge in [-0.05, 0) is 29.5 Å². The van der Waals surface area contributed by atoms with Crippen molar-refractivity contribution in [2.24, 2.45) is 0 Å². The van der Waals surface area contributed by atoms with Gasteiger partial charge in [0, 0.05) is 12.0 Å². The van der Waals surface area contributed by atoms with E-state index in [0.29, 0.717) is 11.4 Å². The molecule has 0 saturated carbocycles. The first-order valence-corrected chi connectivity index (χ1v) is 6.67.